The second-order valence-corrected chi connectivity index (χ2v) is 6.58. The molecule has 2 N–H and O–H groups in total. The predicted molar refractivity (Wildman–Crippen MR) is 85.6 cm³/mol. The molecule has 0 unspecified atom stereocenters. The highest BCUT2D eigenvalue weighted by Gasteiger charge is 2.11. The largest absolute Gasteiger partial charge is 0.478 e. The molecular weight excluding hydrogens is 403 g/mol. The van der Waals surface area contributed by atoms with Crippen LogP contribution in [0.25, 0.3) is 0 Å². The van der Waals surface area contributed by atoms with Gasteiger partial charge in [-0.15, -0.1) is 0 Å². The molecule has 0 fully saturated rings. The summed E-state index contributed by atoms with van der Waals surface area (Å²) in [6.45, 7) is 1.92. The number of halogens is 1. The number of aryl methyl sites for hydroxylation is 1. The van der Waals surface area contributed by atoms with E-state index in [0.717, 1.165) is 5.56 Å². The summed E-state index contributed by atoms with van der Waals surface area (Å²) in [6, 6.07) is 12.3. The van der Waals surface area contributed by atoms with Crippen molar-refractivity contribution in [2.75, 3.05) is 0 Å². The van der Waals surface area contributed by atoms with Gasteiger partial charge in [-0.05, 0) is 31.2 Å². The quantitative estimate of drug-likeness (QED) is 0.743. The van der Waals surface area contributed by atoms with Crippen molar-refractivity contribution < 1.29 is 25.9 Å². The van der Waals surface area contributed by atoms with Crippen LogP contribution in [0.15, 0.2) is 48.5 Å². The predicted octanol–water partition coefficient (Wildman–Crippen LogP) is 3.45. The van der Waals surface area contributed by atoms with E-state index in [1.807, 2.05) is 6.92 Å². The first-order chi connectivity index (χ1) is 10.3. The highest BCUT2D eigenvalue weighted by atomic mass is 127. The lowest BCUT2D eigenvalue weighted by Crippen LogP contribution is -1.98. The topological polar surface area (TPSA) is 109 Å². The Balaban J connectivity index is 0.000000224. The number of hydrogen-bond donors (Lipinski definition) is 2. The van der Waals surface area contributed by atoms with E-state index in [4.69, 9.17) is 10.2 Å². The van der Waals surface area contributed by atoms with Gasteiger partial charge in [-0.2, -0.15) is 0 Å². The van der Waals surface area contributed by atoms with Crippen LogP contribution < -0.4 is 0 Å². The Morgan fingerprint density at radius 3 is 1.82 bits per heavy atom. The van der Waals surface area contributed by atoms with Gasteiger partial charge in [-0.3, -0.25) is 0 Å². The number of carbonyl (C=O) groups is 2. The zero-order chi connectivity index (χ0) is 16.7. The standard InChI is InChI=1S/C8H8O2.C7H5IO4/c1-6-2-4-7(5-3-6)8(9)10;9-7(10)5-3-1-2-4-6(5)8(11)12/h2-5H,1H3,(H,9,10);1-4H,(H,9,10). The van der Waals surface area contributed by atoms with Gasteiger partial charge in [0, 0.05) is 0 Å². The van der Waals surface area contributed by atoms with Crippen LogP contribution in [0.1, 0.15) is 26.3 Å². The van der Waals surface area contributed by atoms with Crippen LogP contribution in [-0.4, -0.2) is 22.2 Å². The molecule has 0 radical (unpaired) electrons. The molecule has 0 aliphatic carbocycles. The molecule has 2 rings (SSSR count). The van der Waals surface area contributed by atoms with Gasteiger partial charge in [-0.1, -0.05) is 29.8 Å². The highest BCUT2D eigenvalue weighted by molar-refractivity contribution is 14.2. The molecule has 116 valence electrons. The lowest BCUT2D eigenvalue weighted by Gasteiger charge is -1.94. The van der Waals surface area contributed by atoms with Gasteiger partial charge in [0.15, 0.2) is 0 Å². The van der Waals surface area contributed by atoms with Crippen LogP contribution in [0.3, 0.4) is 0 Å². The summed E-state index contributed by atoms with van der Waals surface area (Å²) in [5, 5.41) is 17.0. The second kappa shape index (κ2) is 8.23. The van der Waals surface area contributed by atoms with Crippen molar-refractivity contribution in [2.24, 2.45) is 0 Å². The number of benzene rings is 2. The van der Waals surface area contributed by atoms with Crippen molar-refractivity contribution in [1.82, 2.24) is 0 Å². The Labute approximate surface area is 133 Å². The third-order valence-electron chi connectivity index (χ3n) is 2.57. The molecule has 0 atom stereocenters. The van der Waals surface area contributed by atoms with Crippen molar-refractivity contribution in [3.63, 3.8) is 0 Å². The van der Waals surface area contributed by atoms with Crippen LogP contribution >= 0.6 is 19.8 Å². The molecule has 6 nitrogen and oxygen atoms in total. The summed E-state index contributed by atoms with van der Waals surface area (Å²) in [5.41, 5.74) is 1.27. The van der Waals surface area contributed by atoms with E-state index in [9.17, 15) is 15.7 Å². The lowest BCUT2D eigenvalue weighted by atomic mass is 10.2. The van der Waals surface area contributed by atoms with Crippen LogP contribution in [0.5, 0.6) is 0 Å². The molecule has 0 heterocycles. The molecule has 7 heteroatoms. The fraction of sp³-hybridized carbons (Fsp3) is 0.0667. The van der Waals surface area contributed by atoms with Gasteiger partial charge < -0.3 is 10.2 Å². The molecule has 0 aromatic heterocycles. The Hall–Kier alpha value is -2.29. The summed E-state index contributed by atoms with van der Waals surface area (Å²) in [6.07, 6.45) is 0. The minimum atomic E-state index is -3.67. The van der Waals surface area contributed by atoms with Gasteiger partial charge in [0.1, 0.15) is 0 Å². The monoisotopic (exact) mass is 416 g/mol. The van der Waals surface area contributed by atoms with E-state index in [-0.39, 0.29) is 9.13 Å². The zero-order valence-electron chi connectivity index (χ0n) is 11.5. The zero-order valence-corrected chi connectivity index (χ0v) is 13.7. The Morgan fingerprint density at radius 1 is 0.864 bits per heavy atom. The fourth-order valence-electron chi connectivity index (χ4n) is 1.47. The molecular formula is C15H13IO6. The molecule has 2 aromatic rings. The maximum atomic E-state index is 10.6. The van der Waals surface area contributed by atoms with Crippen molar-refractivity contribution >= 4 is 31.7 Å². The summed E-state index contributed by atoms with van der Waals surface area (Å²) in [7, 11) is 0. The number of hydrogen-bond acceptors (Lipinski definition) is 4. The molecule has 0 saturated heterocycles. The SMILES string of the molecule is Cc1ccc(C(=O)O)cc1.O=C(O)c1ccccc1I(=O)=O. The first-order valence-electron chi connectivity index (χ1n) is 6.00. The van der Waals surface area contributed by atoms with Crippen molar-refractivity contribution in [3.05, 3.63) is 68.8 Å². The molecule has 22 heavy (non-hydrogen) atoms. The van der Waals surface area contributed by atoms with Crippen LogP contribution in [-0.2, 0) is 6.14 Å². The Bertz CT molecular complexity index is 739. The van der Waals surface area contributed by atoms with E-state index >= 15 is 0 Å². The lowest BCUT2D eigenvalue weighted by molar-refractivity contribution is 0.0685. The first kappa shape index (κ1) is 17.8. The Morgan fingerprint density at radius 2 is 1.41 bits per heavy atom. The van der Waals surface area contributed by atoms with Crippen LogP contribution in [0.4, 0.5) is 0 Å². The summed E-state index contributed by atoms with van der Waals surface area (Å²) >= 11 is -3.67. The average molecular weight is 416 g/mol. The van der Waals surface area contributed by atoms with Gasteiger partial charge in [-0.25, -0.2) is 15.7 Å². The molecule has 0 aliphatic heterocycles. The van der Waals surface area contributed by atoms with Gasteiger partial charge >= 0.3 is 31.7 Å². The normalized spacial score (nSPS) is 9.73. The maximum absolute atomic E-state index is 10.6. The molecule has 0 amide bonds. The number of carboxylic acids is 2. The molecule has 0 saturated carbocycles. The fourth-order valence-corrected chi connectivity index (χ4v) is 2.85. The second-order valence-electron chi connectivity index (χ2n) is 4.17. The van der Waals surface area contributed by atoms with Gasteiger partial charge in [0.25, 0.3) is 0 Å². The molecule has 0 aliphatic rings. The minimum absolute atomic E-state index is 0.0609. The van der Waals surface area contributed by atoms with E-state index in [1.54, 1.807) is 24.3 Å². The van der Waals surface area contributed by atoms with Crippen molar-refractivity contribution in [1.29, 1.82) is 0 Å². The molecule has 0 spiro atoms. The van der Waals surface area contributed by atoms with Crippen molar-refractivity contribution in [3.8, 4) is 0 Å². The summed E-state index contributed by atoms with van der Waals surface area (Å²) in [5.74, 6) is -2.08. The molecule has 0 bridgehead atoms. The smallest absolute Gasteiger partial charge is 0.341 e. The molecule has 2 aromatic carbocycles. The van der Waals surface area contributed by atoms with Gasteiger partial charge in [0.05, 0.1) is 14.7 Å². The van der Waals surface area contributed by atoms with E-state index in [2.05, 4.69) is 0 Å². The Kier molecular flexibility index (Phi) is 6.64. The highest BCUT2D eigenvalue weighted by Crippen LogP contribution is 2.20. The minimum Gasteiger partial charge on any atom is -0.478 e. The number of rotatable bonds is 3. The number of carboxylic acid groups (broad SMARTS) is 2. The van der Waals surface area contributed by atoms with E-state index in [0.29, 0.717) is 5.56 Å². The van der Waals surface area contributed by atoms with Crippen LogP contribution in [0.2, 0.25) is 0 Å². The first-order valence-corrected chi connectivity index (χ1v) is 8.84. The van der Waals surface area contributed by atoms with Gasteiger partial charge in [0.2, 0.25) is 0 Å². The maximum Gasteiger partial charge on any atom is 0.341 e. The number of aromatic carboxylic acids is 2. The average Bonchev–Trinajstić information content (AvgIpc) is 2.48. The summed E-state index contributed by atoms with van der Waals surface area (Å²) < 4.78 is 21.1. The van der Waals surface area contributed by atoms with Crippen molar-refractivity contribution in [2.45, 2.75) is 6.92 Å². The van der Waals surface area contributed by atoms with E-state index in [1.165, 1.54) is 24.3 Å². The van der Waals surface area contributed by atoms with E-state index < -0.39 is 31.7 Å². The summed E-state index contributed by atoms with van der Waals surface area (Å²) in [4.78, 5) is 20.8. The third kappa shape index (κ3) is 5.24. The van der Waals surface area contributed by atoms with Crippen LogP contribution in [0, 0.1) is 10.5 Å². The third-order valence-corrected chi connectivity index (χ3v) is 4.46.